The summed E-state index contributed by atoms with van der Waals surface area (Å²) >= 11 is 13.0. The van der Waals surface area contributed by atoms with Gasteiger partial charge in [-0.15, -0.1) is 0 Å². The molecule has 0 aliphatic carbocycles. The van der Waals surface area contributed by atoms with Crippen LogP contribution in [0.4, 0.5) is 5.69 Å². The van der Waals surface area contributed by atoms with Gasteiger partial charge in [0.1, 0.15) is 6.04 Å². The fourth-order valence-electron chi connectivity index (χ4n) is 4.66. The number of aryl methyl sites for hydroxylation is 1. The van der Waals surface area contributed by atoms with Crippen LogP contribution in [0.3, 0.4) is 0 Å². The zero-order valence-electron chi connectivity index (χ0n) is 24.5. The van der Waals surface area contributed by atoms with Crippen LogP contribution in [-0.2, 0) is 32.6 Å². The SMILES string of the molecule is Cc1ccccc1N(CCCC(=O)N(Cc1c(Cl)cccc1Cl)[C@@H](Cc1ccccc1)C(=O)NCC(C)C)S(C)(=O)=O. The molecule has 0 radical (unpaired) electrons. The zero-order chi connectivity index (χ0) is 30.9. The van der Waals surface area contributed by atoms with Gasteiger partial charge < -0.3 is 10.2 Å². The number of anilines is 1. The number of carbonyl (C=O) groups excluding carboxylic acids is 2. The van der Waals surface area contributed by atoms with Crippen LogP contribution in [0.2, 0.25) is 10.0 Å². The van der Waals surface area contributed by atoms with Crippen molar-refractivity contribution < 1.29 is 18.0 Å². The third-order valence-electron chi connectivity index (χ3n) is 6.88. The third kappa shape index (κ3) is 9.48. The summed E-state index contributed by atoms with van der Waals surface area (Å²) in [6, 6.07) is 21.0. The first kappa shape index (κ1) is 33.4. The van der Waals surface area contributed by atoms with E-state index in [1.807, 2.05) is 63.2 Å². The van der Waals surface area contributed by atoms with Crippen LogP contribution in [0.1, 0.15) is 43.4 Å². The summed E-state index contributed by atoms with van der Waals surface area (Å²) in [5, 5.41) is 3.77. The molecule has 0 saturated carbocycles. The highest BCUT2D eigenvalue weighted by Gasteiger charge is 2.31. The first-order valence-corrected chi connectivity index (χ1v) is 16.6. The number of hydrogen-bond acceptors (Lipinski definition) is 4. The molecule has 1 N–H and O–H groups in total. The van der Waals surface area contributed by atoms with Crippen molar-refractivity contribution in [1.29, 1.82) is 0 Å². The molecule has 0 aliphatic rings. The predicted molar refractivity (Wildman–Crippen MR) is 171 cm³/mol. The fourth-order valence-corrected chi connectivity index (χ4v) is 6.20. The third-order valence-corrected chi connectivity index (χ3v) is 8.77. The van der Waals surface area contributed by atoms with Gasteiger partial charge >= 0.3 is 0 Å². The van der Waals surface area contributed by atoms with Crippen molar-refractivity contribution in [3.63, 3.8) is 0 Å². The second-order valence-corrected chi connectivity index (χ2v) is 13.5. The fraction of sp³-hybridized carbons (Fsp3) is 0.375. The van der Waals surface area contributed by atoms with Crippen LogP contribution in [0, 0.1) is 12.8 Å². The molecule has 3 aromatic rings. The number of nitrogens with zero attached hydrogens (tertiary/aromatic N) is 2. The second-order valence-electron chi connectivity index (χ2n) is 10.8. The van der Waals surface area contributed by atoms with E-state index in [2.05, 4.69) is 5.32 Å². The summed E-state index contributed by atoms with van der Waals surface area (Å²) in [7, 11) is -3.60. The van der Waals surface area contributed by atoms with E-state index in [0.29, 0.717) is 27.8 Å². The van der Waals surface area contributed by atoms with Crippen LogP contribution < -0.4 is 9.62 Å². The van der Waals surface area contributed by atoms with E-state index in [0.717, 1.165) is 17.4 Å². The summed E-state index contributed by atoms with van der Waals surface area (Å²) < 4.78 is 26.7. The molecular weight excluding hydrogens is 593 g/mol. The van der Waals surface area contributed by atoms with Crippen molar-refractivity contribution in [1.82, 2.24) is 10.2 Å². The number of sulfonamides is 1. The van der Waals surface area contributed by atoms with Crippen molar-refractivity contribution in [2.75, 3.05) is 23.7 Å². The van der Waals surface area contributed by atoms with E-state index in [1.165, 1.54) is 9.21 Å². The van der Waals surface area contributed by atoms with Crippen LogP contribution >= 0.6 is 23.2 Å². The van der Waals surface area contributed by atoms with E-state index >= 15 is 0 Å². The van der Waals surface area contributed by atoms with E-state index in [9.17, 15) is 18.0 Å². The summed E-state index contributed by atoms with van der Waals surface area (Å²) in [6.07, 6.45) is 1.71. The van der Waals surface area contributed by atoms with Gasteiger partial charge in [-0.05, 0) is 48.6 Å². The Bertz CT molecular complexity index is 1450. The molecule has 226 valence electrons. The Balaban J connectivity index is 1.93. The molecule has 0 fully saturated rings. The maximum absolute atomic E-state index is 14.0. The van der Waals surface area contributed by atoms with Gasteiger partial charge in [0.15, 0.2) is 0 Å². The van der Waals surface area contributed by atoms with Gasteiger partial charge in [0.25, 0.3) is 0 Å². The molecule has 0 spiro atoms. The molecule has 0 bridgehead atoms. The molecule has 10 heteroatoms. The highest BCUT2D eigenvalue weighted by Crippen LogP contribution is 2.28. The van der Waals surface area contributed by atoms with Crippen molar-refractivity contribution in [2.24, 2.45) is 5.92 Å². The Kier molecular flexibility index (Phi) is 12.3. The first-order chi connectivity index (χ1) is 19.9. The average Bonchev–Trinajstić information content (AvgIpc) is 2.93. The lowest BCUT2D eigenvalue weighted by atomic mass is 10.0. The lowest BCUT2D eigenvalue weighted by Gasteiger charge is -2.32. The number of carbonyl (C=O) groups is 2. The molecule has 3 aromatic carbocycles. The van der Waals surface area contributed by atoms with Gasteiger partial charge in [-0.3, -0.25) is 13.9 Å². The Morgan fingerprint density at radius 2 is 1.52 bits per heavy atom. The lowest BCUT2D eigenvalue weighted by molar-refractivity contribution is -0.141. The Hall–Kier alpha value is -3.07. The highest BCUT2D eigenvalue weighted by atomic mass is 35.5. The minimum Gasteiger partial charge on any atom is -0.354 e. The van der Waals surface area contributed by atoms with Crippen molar-refractivity contribution in [3.05, 3.63) is 99.5 Å². The summed E-state index contributed by atoms with van der Waals surface area (Å²) in [5.41, 5.74) is 2.82. The first-order valence-electron chi connectivity index (χ1n) is 14.0. The van der Waals surface area contributed by atoms with Crippen LogP contribution in [0.5, 0.6) is 0 Å². The van der Waals surface area contributed by atoms with Crippen molar-refractivity contribution >= 4 is 50.7 Å². The number of amides is 2. The van der Waals surface area contributed by atoms with Crippen LogP contribution in [-0.4, -0.2) is 50.5 Å². The molecule has 0 aromatic heterocycles. The molecule has 0 unspecified atom stereocenters. The van der Waals surface area contributed by atoms with Gasteiger partial charge in [0.2, 0.25) is 21.8 Å². The molecule has 0 saturated heterocycles. The average molecular weight is 633 g/mol. The Morgan fingerprint density at radius 1 is 0.905 bits per heavy atom. The minimum absolute atomic E-state index is 0.0166. The second kappa shape index (κ2) is 15.4. The maximum Gasteiger partial charge on any atom is 0.243 e. The van der Waals surface area contributed by atoms with E-state index in [-0.39, 0.29) is 50.1 Å². The summed E-state index contributed by atoms with van der Waals surface area (Å²) in [5.74, 6) is -0.358. The molecule has 0 heterocycles. The topological polar surface area (TPSA) is 86.8 Å². The Labute approximate surface area is 259 Å². The van der Waals surface area contributed by atoms with Gasteiger partial charge in [0.05, 0.1) is 11.9 Å². The van der Waals surface area contributed by atoms with Crippen molar-refractivity contribution in [2.45, 2.75) is 52.6 Å². The largest absolute Gasteiger partial charge is 0.354 e. The number of nitrogens with one attached hydrogen (secondary N) is 1. The standard InChI is InChI=1S/C32H39Cl2N3O4S/c1-23(2)21-35-32(39)30(20-25-13-6-5-7-14-25)36(22-26-27(33)15-10-16-28(26)34)31(38)18-11-19-37(42(4,40)41)29-17-9-8-12-24(29)3/h5-10,12-17,23,30H,11,18-22H2,1-4H3,(H,35,39)/t30-/m0/s1. The minimum atomic E-state index is -3.60. The highest BCUT2D eigenvalue weighted by molar-refractivity contribution is 7.92. The smallest absolute Gasteiger partial charge is 0.243 e. The molecule has 7 nitrogen and oxygen atoms in total. The normalized spacial score (nSPS) is 12.2. The molecule has 1 atom stereocenters. The molecule has 42 heavy (non-hydrogen) atoms. The molecule has 2 amide bonds. The van der Waals surface area contributed by atoms with Crippen LogP contribution in [0.15, 0.2) is 72.8 Å². The number of benzene rings is 3. The number of hydrogen-bond donors (Lipinski definition) is 1. The summed E-state index contributed by atoms with van der Waals surface area (Å²) in [4.78, 5) is 29.1. The van der Waals surface area contributed by atoms with E-state index in [4.69, 9.17) is 23.2 Å². The van der Waals surface area contributed by atoms with E-state index < -0.39 is 16.1 Å². The maximum atomic E-state index is 14.0. The van der Waals surface area contributed by atoms with Crippen molar-refractivity contribution in [3.8, 4) is 0 Å². The predicted octanol–water partition coefficient (Wildman–Crippen LogP) is 6.26. The quantitative estimate of drug-likeness (QED) is 0.227. The zero-order valence-corrected chi connectivity index (χ0v) is 26.8. The molecule has 3 rings (SSSR count). The van der Waals surface area contributed by atoms with Crippen LogP contribution in [0.25, 0.3) is 0 Å². The van der Waals surface area contributed by atoms with Gasteiger partial charge in [0, 0.05) is 48.1 Å². The Morgan fingerprint density at radius 3 is 2.12 bits per heavy atom. The number of rotatable bonds is 14. The van der Waals surface area contributed by atoms with Gasteiger partial charge in [-0.25, -0.2) is 8.42 Å². The molecular formula is C32H39Cl2N3O4S. The monoisotopic (exact) mass is 631 g/mol. The molecule has 0 aliphatic heterocycles. The number of para-hydroxylation sites is 1. The van der Waals surface area contributed by atoms with Gasteiger partial charge in [-0.2, -0.15) is 0 Å². The number of halogens is 2. The summed E-state index contributed by atoms with van der Waals surface area (Å²) in [6.45, 7) is 6.44. The van der Waals surface area contributed by atoms with Gasteiger partial charge in [-0.1, -0.05) is 91.6 Å². The van der Waals surface area contributed by atoms with E-state index in [1.54, 1.807) is 30.3 Å². The lowest BCUT2D eigenvalue weighted by Crippen LogP contribution is -2.51.